The molecular weight excluding hydrogens is 316 g/mol. The molecule has 1 saturated heterocycles. The minimum atomic E-state index is -0.408. The monoisotopic (exact) mass is 332 g/mol. The highest BCUT2D eigenvalue weighted by Crippen LogP contribution is 2.30. The minimum absolute atomic E-state index is 0.0933. The molecule has 0 radical (unpaired) electrons. The second-order valence-electron chi connectivity index (χ2n) is 5.14. The molecule has 0 bridgehead atoms. The van der Waals surface area contributed by atoms with Crippen LogP contribution >= 0.6 is 11.6 Å². The van der Waals surface area contributed by atoms with Crippen LogP contribution in [0.15, 0.2) is 30.6 Å². The summed E-state index contributed by atoms with van der Waals surface area (Å²) in [5.41, 5.74) is 7.36. The quantitative estimate of drug-likeness (QED) is 0.785. The van der Waals surface area contributed by atoms with Crippen LogP contribution in [0.4, 0.5) is 17.2 Å². The van der Waals surface area contributed by atoms with Gasteiger partial charge in [-0.1, -0.05) is 11.6 Å². The summed E-state index contributed by atoms with van der Waals surface area (Å²) in [6, 6.07) is 5.44. The Hall–Kier alpha value is -2.38. The van der Waals surface area contributed by atoms with Gasteiger partial charge in [0.15, 0.2) is 11.5 Å². The summed E-state index contributed by atoms with van der Waals surface area (Å²) in [7, 11) is 0. The number of piperazine rings is 1. The first-order valence-electron chi connectivity index (χ1n) is 7.28. The van der Waals surface area contributed by atoms with Gasteiger partial charge in [0.2, 0.25) is 0 Å². The molecule has 0 unspecified atom stereocenters. The van der Waals surface area contributed by atoms with Crippen molar-refractivity contribution in [2.75, 3.05) is 42.1 Å². The number of benzene rings is 1. The highest BCUT2D eigenvalue weighted by molar-refractivity contribution is 6.31. The fourth-order valence-electron chi connectivity index (χ4n) is 2.50. The number of nitrogen functional groups attached to an aromatic ring is 1. The van der Waals surface area contributed by atoms with Crippen LogP contribution in [-0.2, 0) is 0 Å². The van der Waals surface area contributed by atoms with Crippen LogP contribution in [0.5, 0.6) is 0 Å². The van der Waals surface area contributed by atoms with Crippen molar-refractivity contribution >= 4 is 34.7 Å². The molecule has 4 N–H and O–H groups in total. The van der Waals surface area contributed by atoms with Crippen LogP contribution < -0.4 is 21.3 Å². The Bertz CT molecular complexity index is 717. The van der Waals surface area contributed by atoms with Gasteiger partial charge < -0.3 is 21.3 Å². The van der Waals surface area contributed by atoms with Crippen molar-refractivity contribution in [3.8, 4) is 0 Å². The predicted octanol–water partition coefficient (Wildman–Crippen LogP) is 1.37. The van der Waals surface area contributed by atoms with Crippen molar-refractivity contribution in [1.82, 2.24) is 15.3 Å². The number of nitrogens with zero attached hydrogens (tertiary/aromatic N) is 3. The minimum Gasteiger partial charge on any atom is -0.382 e. The van der Waals surface area contributed by atoms with E-state index in [1.165, 1.54) is 12.4 Å². The molecule has 2 heterocycles. The van der Waals surface area contributed by atoms with Gasteiger partial charge in [0.1, 0.15) is 0 Å². The molecule has 0 aliphatic carbocycles. The molecule has 0 spiro atoms. The Balaban J connectivity index is 1.88. The van der Waals surface area contributed by atoms with E-state index >= 15 is 0 Å². The first-order valence-corrected chi connectivity index (χ1v) is 7.66. The average Bonchev–Trinajstić information content (AvgIpc) is 2.56. The smallest absolute Gasteiger partial charge is 0.278 e. The molecule has 1 fully saturated rings. The molecule has 1 amide bonds. The standard InChI is InChI=1S/C15H17ClN6O/c16-10-1-2-12(22-7-5-18-6-8-22)11(9-10)21-15(23)13-14(17)20-4-3-19-13/h1-4,9,18H,5-8H2,(H2,17,20)(H,21,23). The van der Waals surface area contributed by atoms with Crippen LogP contribution in [-0.4, -0.2) is 42.1 Å². The SMILES string of the molecule is Nc1nccnc1C(=O)Nc1cc(Cl)ccc1N1CCNCC1. The van der Waals surface area contributed by atoms with Crippen molar-refractivity contribution in [3.05, 3.63) is 41.3 Å². The Morgan fingerprint density at radius 1 is 1.26 bits per heavy atom. The maximum absolute atomic E-state index is 12.4. The number of carbonyl (C=O) groups excluding carboxylic acids is 1. The fourth-order valence-corrected chi connectivity index (χ4v) is 2.67. The van der Waals surface area contributed by atoms with Gasteiger partial charge in [-0.15, -0.1) is 0 Å². The van der Waals surface area contributed by atoms with Crippen molar-refractivity contribution in [3.63, 3.8) is 0 Å². The third-order valence-corrected chi connectivity index (χ3v) is 3.84. The second kappa shape index (κ2) is 6.80. The van der Waals surface area contributed by atoms with E-state index in [1.807, 2.05) is 12.1 Å². The van der Waals surface area contributed by atoms with Gasteiger partial charge in [0.05, 0.1) is 11.4 Å². The maximum Gasteiger partial charge on any atom is 0.278 e. The summed E-state index contributed by atoms with van der Waals surface area (Å²) in [6.07, 6.45) is 2.87. The number of carbonyl (C=O) groups is 1. The van der Waals surface area contributed by atoms with Crippen LogP contribution in [0.2, 0.25) is 5.02 Å². The topological polar surface area (TPSA) is 96.2 Å². The van der Waals surface area contributed by atoms with E-state index in [2.05, 4.69) is 25.5 Å². The first kappa shape index (κ1) is 15.5. The Kier molecular flexibility index (Phi) is 4.59. The molecule has 7 nitrogen and oxygen atoms in total. The van der Waals surface area contributed by atoms with Crippen molar-refractivity contribution in [2.24, 2.45) is 0 Å². The number of nitrogens with two attached hydrogens (primary N) is 1. The van der Waals surface area contributed by atoms with Crippen molar-refractivity contribution in [1.29, 1.82) is 0 Å². The lowest BCUT2D eigenvalue weighted by Gasteiger charge is -2.31. The van der Waals surface area contributed by atoms with E-state index in [-0.39, 0.29) is 11.5 Å². The Morgan fingerprint density at radius 2 is 2.00 bits per heavy atom. The molecular formula is C15H17ClN6O. The summed E-state index contributed by atoms with van der Waals surface area (Å²) in [4.78, 5) is 22.5. The first-order chi connectivity index (χ1) is 11.1. The van der Waals surface area contributed by atoms with Gasteiger partial charge in [-0.05, 0) is 18.2 Å². The van der Waals surface area contributed by atoms with E-state index in [4.69, 9.17) is 17.3 Å². The molecule has 0 atom stereocenters. The number of halogens is 1. The highest BCUT2D eigenvalue weighted by Gasteiger charge is 2.18. The van der Waals surface area contributed by atoms with E-state index in [1.54, 1.807) is 6.07 Å². The zero-order valence-corrected chi connectivity index (χ0v) is 13.2. The average molecular weight is 333 g/mol. The number of nitrogens with one attached hydrogen (secondary N) is 2. The van der Waals surface area contributed by atoms with Crippen LogP contribution in [0, 0.1) is 0 Å². The lowest BCUT2D eigenvalue weighted by atomic mass is 10.2. The molecule has 1 aromatic carbocycles. The largest absolute Gasteiger partial charge is 0.382 e. The highest BCUT2D eigenvalue weighted by atomic mass is 35.5. The zero-order valence-electron chi connectivity index (χ0n) is 12.4. The zero-order chi connectivity index (χ0) is 16.2. The van der Waals surface area contributed by atoms with Crippen LogP contribution in [0.3, 0.4) is 0 Å². The van der Waals surface area contributed by atoms with Gasteiger partial charge >= 0.3 is 0 Å². The number of aromatic nitrogens is 2. The second-order valence-corrected chi connectivity index (χ2v) is 5.58. The molecule has 2 aromatic rings. The fraction of sp³-hybridized carbons (Fsp3) is 0.267. The summed E-state index contributed by atoms with van der Waals surface area (Å²) < 4.78 is 0. The van der Waals surface area contributed by atoms with Crippen molar-refractivity contribution in [2.45, 2.75) is 0 Å². The van der Waals surface area contributed by atoms with Crippen LogP contribution in [0.1, 0.15) is 10.5 Å². The number of amides is 1. The summed E-state index contributed by atoms with van der Waals surface area (Å²) in [5, 5.41) is 6.68. The van der Waals surface area contributed by atoms with Crippen LogP contribution in [0.25, 0.3) is 0 Å². The number of rotatable bonds is 3. The third-order valence-electron chi connectivity index (χ3n) is 3.61. The van der Waals surface area contributed by atoms with Gasteiger partial charge in [0, 0.05) is 43.6 Å². The van der Waals surface area contributed by atoms with E-state index in [9.17, 15) is 4.79 Å². The molecule has 1 aromatic heterocycles. The van der Waals surface area contributed by atoms with Gasteiger partial charge in [0.25, 0.3) is 5.91 Å². The maximum atomic E-state index is 12.4. The molecule has 0 saturated carbocycles. The Labute approximate surface area is 138 Å². The lowest BCUT2D eigenvalue weighted by molar-refractivity contribution is 0.102. The van der Waals surface area contributed by atoms with E-state index in [0.29, 0.717) is 10.7 Å². The summed E-state index contributed by atoms with van der Waals surface area (Å²) in [6.45, 7) is 3.51. The number of hydrogen-bond acceptors (Lipinski definition) is 6. The molecule has 3 rings (SSSR count). The number of hydrogen-bond donors (Lipinski definition) is 3. The molecule has 23 heavy (non-hydrogen) atoms. The van der Waals surface area contributed by atoms with Gasteiger partial charge in [-0.3, -0.25) is 4.79 Å². The summed E-state index contributed by atoms with van der Waals surface area (Å²) >= 11 is 6.08. The number of anilines is 3. The summed E-state index contributed by atoms with van der Waals surface area (Å²) in [5.74, 6) is -0.315. The van der Waals surface area contributed by atoms with Crippen molar-refractivity contribution < 1.29 is 4.79 Å². The predicted molar refractivity (Wildman–Crippen MR) is 90.9 cm³/mol. The van der Waals surface area contributed by atoms with Gasteiger partial charge in [-0.2, -0.15) is 0 Å². The van der Waals surface area contributed by atoms with E-state index < -0.39 is 5.91 Å². The molecule has 1 aliphatic rings. The molecule has 120 valence electrons. The molecule has 1 aliphatic heterocycles. The molecule has 8 heteroatoms. The lowest BCUT2D eigenvalue weighted by Crippen LogP contribution is -2.43. The third kappa shape index (κ3) is 3.52. The normalized spacial score (nSPS) is 14.6. The Morgan fingerprint density at radius 3 is 2.74 bits per heavy atom. The van der Waals surface area contributed by atoms with Gasteiger partial charge in [-0.25, -0.2) is 9.97 Å². The van der Waals surface area contributed by atoms with E-state index in [0.717, 1.165) is 31.9 Å².